The van der Waals surface area contributed by atoms with Crippen molar-refractivity contribution in [3.05, 3.63) is 22.4 Å². The number of rotatable bonds is 4. The highest BCUT2D eigenvalue weighted by atomic mass is 32.1. The molecule has 2 rings (SSSR count). The van der Waals surface area contributed by atoms with Gasteiger partial charge in [0, 0.05) is 6.54 Å². The standard InChI is InChI=1S/C11H15NOS/c13-11(10-5-2-8-14-10)12-7-6-9-3-1-4-9/h2,5,8-9H,1,3-4,6-7H2,(H,12,13). The first-order valence-electron chi connectivity index (χ1n) is 5.18. The van der Waals surface area contributed by atoms with Gasteiger partial charge in [0.1, 0.15) is 0 Å². The summed E-state index contributed by atoms with van der Waals surface area (Å²) >= 11 is 1.50. The summed E-state index contributed by atoms with van der Waals surface area (Å²) in [6.45, 7) is 0.835. The van der Waals surface area contributed by atoms with Crippen molar-refractivity contribution in [3.63, 3.8) is 0 Å². The molecular formula is C11H15NOS. The van der Waals surface area contributed by atoms with Gasteiger partial charge in [-0.05, 0) is 23.8 Å². The van der Waals surface area contributed by atoms with Gasteiger partial charge in [-0.1, -0.05) is 25.3 Å². The fourth-order valence-electron chi connectivity index (χ4n) is 1.67. The summed E-state index contributed by atoms with van der Waals surface area (Å²) < 4.78 is 0. The molecule has 0 spiro atoms. The van der Waals surface area contributed by atoms with E-state index in [0.29, 0.717) is 0 Å². The van der Waals surface area contributed by atoms with Gasteiger partial charge in [0.05, 0.1) is 4.88 Å². The summed E-state index contributed by atoms with van der Waals surface area (Å²) in [5.41, 5.74) is 0. The van der Waals surface area contributed by atoms with Gasteiger partial charge in [-0.2, -0.15) is 0 Å². The van der Waals surface area contributed by atoms with E-state index in [1.807, 2.05) is 17.5 Å². The van der Waals surface area contributed by atoms with Crippen molar-refractivity contribution in [2.75, 3.05) is 6.54 Å². The minimum Gasteiger partial charge on any atom is -0.351 e. The second-order valence-corrected chi connectivity index (χ2v) is 4.77. The fourth-order valence-corrected chi connectivity index (χ4v) is 2.31. The van der Waals surface area contributed by atoms with Gasteiger partial charge >= 0.3 is 0 Å². The number of hydrogen-bond acceptors (Lipinski definition) is 2. The van der Waals surface area contributed by atoms with Gasteiger partial charge in [-0.3, -0.25) is 4.79 Å². The zero-order valence-electron chi connectivity index (χ0n) is 8.16. The first-order chi connectivity index (χ1) is 6.86. The molecule has 1 aromatic rings. The van der Waals surface area contributed by atoms with Crippen molar-refractivity contribution in [2.45, 2.75) is 25.7 Å². The molecule has 1 aromatic heterocycles. The quantitative estimate of drug-likeness (QED) is 0.811. The van der Waals surface area contributed by atoms with Crippen molar-refractivity contribution >= 4 is 17.2 Å². The Morgan fingerprint density at radius 3 is 3.00 bits per heavy atom. The molecule has 1 amide bonds. The van der Waals surface area contributed by atoms with Crippen molar-refractivity contribution in [1.29, 1.82) is 0 Å². The number of carbonyl (C=O) groups excluding carboxylic acids is 1. The maximum absolute atomic E-state index is 11.5. The van der Waals surface area contributed by atoms with E-state index in [1.54, 1.807) is 0 Å². The lowest BCUT2D eigenvalue weighted by atomic mass is 9.83. The zero-order chi connectivity index (χ0) is 9.80. The highest BCUT2D eigenvalue weighted by Gasteiger charge is 2.17. The van der Waals surface area contributed by atoms with Gasteiger partial charge in [-0.25, -0.2) is 0 Å². The Balaban J connectivity index is 1.67. The fraction of sp³-hybridized carbons (Fsp3) is 0.545. The second kappa shape index (κ2) is 4.60. The average Bonchev–Trinajstić information content (AvgIpc) is 2.61. The summed E-state index contributed by atoms with van der Waals surface area (Å²) in [6, 6.07) is 3.77. The van der Waals surface area contributed by atoms with E-state index in [4.69, 9.17) is 0 Å². The van der Waals surface area contributed by atoms with Crippen LogP contribution < -0.4 is 5.32 Å². The van der Waals surface area contributed by atoms with Crippen LogP contribution >= 0.6 is 11.3 Å². The molecule has 1 N–H and O–H groups in total. The van der Waals surface area contributed by atoms with E-state index < -0.39 is 0 Å². The van der Waals surface area contributed by atoms with Crippen molar-refractivity contribution < 1.29 is 4.79 Å². The van der Waals surface area contributed by atoms with Crippen LogP contribution in [0, 0.1) is 5.92 Å². The Morgan fingerprint density at radius 2 is 2.43 bits per heavy atom. The predicted octanol–water partition coefficient (Wildman–Crippen LogP) is 2.67. The molecule has 0 aliphatic heterocycles. The molecule has 1 aliphatic rings. The number of hydrogen-bond donors (Lipinski definition) is 1. The van der Waals surface area contributed by atoms with E-state index in [2.05, 4.69) is 5.32 Å². The van der Waals surface area contributed by atoms with Gasteiger partial charge in [0.25, 0.3) is 5.91 Å². The summed E-state index contributed by atoms with van der Waals surface area (Å²) in [5.74, 6) is 0.956. The second-order valence-electron chi connectivity index (χ2n) is 3.82. The third-order valence-electron chi connectivity index (χ3n) is 2.81. The van der Waals surface area contributed by atoms with Crippen LogP contribution in [0.4, 0.5) is 0 Å². The highest BCUT2D eigenvalue weighted by molar-refractivity contribution is 7.12. The molecular weight excluding hydrogens is 194 g/mol. The van der Waals surface area contributed by atoms with Crippen molar-refractivity contribution in [3.8, 4) is 0 Å². The Bertz CT molecular complexity index is 290. The van der Waals surface area contributed by atoms with Crippen LogP contribution in [0.1, 0.15) is 35.4 Å². The smallest absolute Gasteiger partial charge is 0.261 e. The summed E-state index contributed by atoms with van der Waals surface area (Å²) in [6.07, 6.45) is 5.24. The Hall–Kier alpha value is -0.830. The van der Waals surface area contributed by atoms with Crippen LogP contribution in [0.25, 0.3) is 0 Å². The molecule has 1 aliphatic carbocycles. The molecule has 0 unspecified atom stereocenters. The van der Waals surface area contributed by atoms with Crippen LogP contribution in [0.5, 0.6) is 0 Å². The number of nitrogens with one attached hydrogen (secondary N) is 1. The lowest BCUT2D eigenvalue weighted by Gasteiger charge is -2.24. The predicted molar refractivity (Wildman–Crippen MR) is 58.6 cm³/mol. The largest absolute Gasteiger partial charge is 0.351 e. The third-order valence-corrected chi connectivity index (χ3v) is 3.68. The topological polar surface area (TPSA) is 29.1 Å². The zero-order valence-corrected chi connectivity index (χ0v) is 8.98. The molecule has 0 aromatic carbocycles. The maximum Gasteiger partial charge on any atom is 0.261 e. The first kappa shape index (κ1) is 9.71. The molecule has 1 fully saturated rings. The third kappa shape index (κ3) is 2.35. The molecule has 76 valence electrons. The molecule has 1 saturated carbocycles. The lowest BCUT2D eigenvalue weighted by Crippen LogP contribution is -2.26. The minimum absolute atomic E-state index is 0.0827. The minimum atomic E-state index is 0.0827. The number of amides is 1. The van der Waals surface area contributed by atoms with Crippen LogP contribution in [-0.2, 0) is 0 Å². The number of carbonyl (C=O) groups is 1. The van der Waals surface area contributed by atoms with Crippen LogP contribution in [0.15, 0.2) is 17.5 Å². The first-order valence-corrected chi connectivity index (χ1v) is 6.06. The number of thiophene rings is 1. The summed E-state index contributed by atoms with van der Waals surface area (Å²) in [7, 11) is 0. The normalized spacial score (nSPS) is 16.3. The van der Waals surface area contributed by atoms with Gasteiger partial charge in [0.2, 0.25) is 0 Å². The highest BCUT2D eigenvalue weighted by Crippen LogP contribution is 2.28. The Kier molecular flexibility index (Phi) is 3.19. The van der Waals surface area contributed by atoms with Crippen LogP contribution in [0.2, 0.25) is 0 Å². The Labute approximate surface area is 88.3 Å². The van der Waals surface area contributed by atoms with E-state index in [-0.39, 0.29) is 5.91 Å². The molecule has 3 heteroatoms. The molecule has 0 bridgehead atoms. The Morgan fingerprint density at radius 1 is 1.57 bits per heavy atom. The summed E-state index contributed by atoms with van der Waals surface area (Å²) in [4.78, 5) is 12.3. The molecule has 14 heavy (non-hydrogen) atoms. The van der Waals surface area contributed by atoms with Crippen LogP contribution in [-0.4, -0.2) is 12.5 Å². The van der Waals surface area contributed by atoms with Gasteiger partial charge in [0.15, 0.2) is 0 Å². The van der Waals surface area contributed by atoms with Crippen LogP contribution in [0.3, 0.4) is 0 Å². The van der Waals surface area contributed by atoms with Gasteiger partial charge in [-0.15, -0.1) is 11.3 Å². The molecule has 2 nitrogen and oxygen atoms in total. The summed E-state index contributed by atoms with van der Waals surface area (Å²) in [5, 5.41) is 4.89. The monoisotopic (exact) mass is 209 g/mol. The van der Waals surface area contributed by atoms with E-state index >= 15 is 0 Å². The van der Waals surface area contributed by atoms with Gasteiger partial charge < -0.3 is 5.32 Å². The van der Waals surface area contributed by atoms with E-state index in [1.165, 1.54) is 30.6 Å². The molecule has 0 radical (unpaired) electrons. The average molecular weight is 209 g/mol. The molecule has 0 saturated heterocycles. The lowest BCUT2D eigenvalue weighted by molar-refractivity contribution is 0.0953. The SMILES string of the molecule is O=C(NCCC1CCC1)c1cccs1. The van der Waals surface area contributed by atoms with Crippen molar-refractivity contribution in [2.24, 2.45) is 5.92 Å². The molecule has 0 atom stereocenters. The maximum atomic E-state index is 11.5. The van der Waals surface area contributed by atoms with E-state index in [9.17, 15) is 4.79 Å². The molecule has 1 heterocycles. The van der Waals surface area contributed by atoms with E-state index in [0.717, 1.165) is 23.8 Å². The van der Waals surface area contributed by atoms with Crippen molar-refractivity contribution in [1.82, 2.24) is 5.32 Å².